The molecule has 0 aromatic heterocycles. The van der Waals surface area contributed by atoms with Gasteiger partial charge in [0, 0.05) is 12.3 Å². The summed E-state index contributed by atoms with van der Waals surface area (Å²) < 4.78 is 15.3. The zero-order valence-electron chi connectivity index (χ0n) is 15.8. The molecule has 1 fully saturated rings. The van der Waals surface area contributed by atoms with E-state index in [4.69, 9.17) is 19.0 Å². The lowest BCUT2D eigenvalue weighted by atomic mass is 10.0. The summed E-state index contributed by atoms with van der Waals surface area (Å²) in [6.45, 7) is 8.99. The highest BCUT2D eigenvalue weighted by molar-refractivity contribution is 6.36. The number of alkyl carbamates (subject to hydrolysis) is 1. The van der Waals surface area contributed by atoms with Gasteiger partial charge in [-0.15, -0.1) is 0 Å². The number of carbonyl (C=O) groups excluding carboxylic acids is 3. The molecule has 9 heteroatoms. The van der Waals surface area contributed by atoms with Crippen LogP contribution in [0.2, 0.25) is 0 Å². The molecule has 0 bridgehead atoms. The van der Waals surface area contributed by atoms with Gasteiger partial charge in [-0.2, -0.15) is 0 Å². The van der Waals surface area contributed by atoms with Gasteiger partial charge in [0.15, 0.2) is 5.71 Å². The quantitative estimate of drug-likeness (QED) is 0.557. The number of hydrogen-bond donors (Lipinski definition) is 1. The Morgan fingerprint density at radius 2 is 1.88 bits per heavy atom. The number of nitrogens with zero attached hydrogens (tertiary/aromatic N) is 1. The van der Waals surface area contributed by atoms with Gasteiger partial charge in [0.2, 0.25) is 0 Å². The zero-order chi connectivity index (χ0) is 19.5. The molecule has 0 aromatic rings. The first-order valence-electron chi connectivity index (χ1n) is 8.71. The van der Waals surface area contributed by atoms with E-state index >= 15 is 0 Å². The van der Waals surface area contributed by atoms with E-state index in [1.165, 1.54) is 0 Å². The van der Waals surface area contributed by atoms with Gasteiger partial charge < -0.3 is 24.4 Å². The Morgan fingerprint density at radius 3 is 2.46 bits per heavy atom. The van der Waals surface area contributed by atoms with E-state index in [1.54, 1.807) is 34.6 Å². The normalized spacial score (nSPS) is 27.0. The molecule has 1 aliphatic carbocycles. The monoisotopic (exact) mass is 370 g/mol. The SMILES string of the molecule is CCOC(=O)C1=NO[C@@H]([C@@H]2C[C@]2(NC(=O)OC(C)(C)C)C(=O)OCC)C1. The van der Waals surface area contributed by atoms with Crippen molar-refractivity contribution in [1.29, 1.82) is 0 Å². The maximum atomic E-state index is 12.4. The molecule has 1 heterocycles. The van der Waals surface area contributed by atoms with E-state index in [0.717, 1.165) is 0 Å². The summed E-state index contributed by atoms with van der Waals surface area (Å²) in [5, 5.41) is 6.37. The van der Waals surface area contributed by atoms with Crippen LogP contribution in [0.4, 0.5) is 4.79 Å². The summed E-state index contributed by atoms with van der Waals surface area (Å²) in [7, 11) is 0. The van der Waals surface area contributed by atoms with Crippen LogP contribution in [0.5, 0.6) is 0 Å². The van der Waals surface area contributed by atoms with Crippen LogP contribution >= 0.6 is 0 Å². The Bertz CT molecular complexity index is 611. The van der Waals surface area contributed by atoms with Gasteiger partial charge in [0.05, 0.1) is 13.2 Å². The summed E-state index contributed by atoms with van der Waals surface area (Å²) in [6, 6.07) is 0. The van der Waals surface area contributed by atoms with Crippen molar-refractivity contribution in [2.45, 2.75) is 64.7 Å². The molecule has 2 aliphatic rings. The molecule has 1 N–H and O–H groups in total. The molecule has 9 nitrogen and oxygen atoms in total. The molecule has 1 aliphatic heterocycles. The Kier molecular flexibility index (Phi) is 5.77. The fourth-order valence-electron chi connectivity index (χ4n) is 2.86. The first kappa shape index (κ1) is 20.0. The highest BCUT2D eigenvalue weighted by atomic mass is 16.6. The van der Waals surface area contributed by atoms with Crippen LogP contribution in [-0.4, -0.2) is 54.2 Å². The standard InChI is InChI=1S/C17H26N2O7/c1-6-23-13(20)11-8-12(26-19-11)10-9-17(10,14(21)24-7-2)18-15(22)25-16(3,4)5/h10,12H,6-9H2,1-5H3,(H,18,22)/t10-,12+,17+/m0/s1. The minimum Gasteiger partial charge on any atom is -0.464 e. The number of ether oxygens (including phenoxy) is 3. The van der Waals surface area contributed by atoms with Crippen LogP contribution in [-0.2, 0) is 28.6 Å². The second-order valence-corrected chi connectivity index (χ2v) is 7.24. The summed E-state index contributed by atoms with van der Waals surface area (Å²) in [4.78, 5) is 41.7. The zero-order valence-corrected chi connectivity index (χ0v) is 15.8. The molecule has 0 radical (unpaired) electrons. The minimum absolute atomic E-state index is 0.166. The van der Waals surface area contributed by atoms with E-state index < -0.39 is 35.3 Å². The molecule has 2 rings (SSSR count). The van der Waals surface area contributed by atoms with Crippen LogP contribution in [0.15, 0.2) is 5.16 Å². The molecule has 0 unspecified atom stereocenters. The van der Waals surface area contributed by atoms with Crippen LogP contribution < -0.4 is 5.32 Å². The fraction of sp³-hybridized carbons (Fsp3) is 0.765. The third-order valence-electron chi connectivity index (χ3n) is 4.03. The van der Waals surface area contributed by atoms with Crippen molar-refractivity contribution in [3.8, 4) is 0 Å². The van der Waals surface area contributed by atoms with Gasteiger partial charge in [-0.3, -0.25) is 0 Å². The molecule has 0 spiro atoms. The summed E-state index contributed by atoms with van der Waals surface area (Å²) in [6.07, 6.45) is -0.700. The Hall–Kier alpha value is -2.32. The largest absolute Gasteiger partial charge is 0.464 e. The molecule has 1 saturated carbocycles. The second-order valence-electron chi connectivity index (χ2n) is 7.24. The van der Waals surface area contributed by atoms with Gasteiger partial charge in [-0.1, -0.05) is 5.16 Å². The van der Waals surface area contributed by atoms with Crippen molar-refractivity contribution >= 4 is 23.7 Å². The van der Waals surface area contributed by atoms with E-state index in [1.807, 2.05) is 0 Å². The van der Waals surface area contributed by atoms with E-state index in [-0.39, 0.29) is 31.3 Å². The van der Waals surface area contributed by atoms with E-state index in [0.29, 0.717) is 6.42 Å². The maximum absolute atomic E-state index is 12.4. The third kappa shape index (κ3) is 4.44. The first-order valence-corrected chi connectivity index (χ1v) is 8.71. The Morgan fingerprint density at radius 1 is 1.23 bits per heavy atom. The number of amides is 1. The van der Waals surface area contributed by atoms with Crippen molar-refractivity contribution in [3.05, 3.63) is 0 Å². The molecule has 1 amide bonds. The van der Waals surface area contributed by atoms with Crippen LogP contribution in [0, 0.1) is 5.92 Å². The van der Waals surface area contributed by atoms with Crippen molar-refractivity contribution in [2.75, 3.05) is 13.2 Å². The molecule has 0 saturated heterocycles. The minimum atomic E-state index is -1.23. The van der Waals surface area contributed by atoms with Gasteiger partial charge in [0.25, 0.3) is 0 Å². The average molecular weight is 370 g/mol. The molecule has 26 heavy (non-hydrogen) atoms. The predicted molar refractivity (Wildman–Crippen MR) is 90.4 cm³/mol. The summed E-state index contributed by atoms with van der Waals surface area (Å²) in [5.41, 5.74) is -1.77. The van der Waals surface area contributed by atoms with Gasteiger partial charge in [-0.05, 0) is 41.0 Å². The van der Waals surface area contributed by atoms with Crippen LogP contribution in [0.3, 0.4) is 0 Å². The molecular weight excluding hydrogens is 344 g/mol. The van der Waals surface area contributed by atoms with Gasteiger partial charge >= 0.3 is 18.0 Å². The number of carbonyl (C=O) groups is 3. The van der Waals surface area contributed by atoms with Crippen molar-refractivity contribution in [2.24, 2.45) is 11.1 Å². The van der Waals surface area contributed by atoms with Crippen molar-refractivity contribution in [3.63, 3.8) is 0 Å². The topological polar surface area (TPSA) is 113 Å². The Labute approximate surface area is 152 Å². The number of hydrogen-bond acceptors (Lipinski definition) is 8. The van der Waals surface area contributed by atoms with E-state index in [2.05, 4.69) is 10.5 Å². The van der Waals surface area contributed by atoms with Gasteiger partial charge in [0.1, 0.15) is 17.2 Å². The van der Waals surface area contributed by atoms with Crippen molar-refractivity contribution in [1.82, 2.24) is 5.32 Å². The van der Waals surface area contributed by atoms with Crippen LogP contribution in [0.1, 0.15) is 47.5 Å². The number of oxime groups is 1. The lowest BCUT2D eigenvalue weighted by molar-refractivity contribution is -0.148. The van der Waals surface area contributed by atoms with Crippen LogP contribution in [0.25, 0.3) is 0 Å². The lowest BCUT2D eigenvalue weighted by Crippen LogP contribution is -2.49. The smallest absolute Gasteiger partial charge is 0.408 e. The lowest BCUT2D eigenvalue weighted by Gasteiger charge is -2.24. The highest BCUT2D eigenvalue weighted by Gasteiger charge is 2.67. The van der Waals surface area contributed by atoms with Crippen molar-refractivity contribution < 1.29 is 33.4 Å². The third-order valence-corrected chi connectivity index (χ3v) is 4.03. The summed E-state index contributed by atoms with van der Waals surface area (Å²) >= 11 is 0. The highest BCUT2D eigenvalue weighted by Crippen LogP contribution is 2.50. The molecular formula is C17H26N2O7. The number of nitrogens with one attached hydrogen (secondary N) is 1. The summed E-state index contributed by atoms with van der Waals surface area (Å²) in [5.74, 6) is -1.47. The van der Waals surface area contributed by atoms with Gasteiger partial charge in [-0.25, -0.2) is 14.4 Å². The number of rotatable bonds is 6. The second kappa shape index (κ2) is 7.51. The molecule has 0 aromatic carbocycles. The Balaban J connectivity index is 2.04. The number of esters is 2. The fourth-order valence-corrected chi connectivity index (χ4v) is 2.86. The predicted octanol–water partition coefficient (Wildman–Crippen LogP) is 1.54. The maximum Gasteiger partial charge on any atom is 0.408 e. The molecule has 3 atom stereocenters. The van der Waals surface area contributed by atoms with E-state index in [9.17, 15) is 14.4 Å². The first-order chi connectivity index (χ1) is 12.1. The molecule has 146 valence electrons. The average Bonchev–Trinajstić information content (AvgIpc) is 3.03.